The van der Waals surface area contributed by atoms with E-state index in [9.17, 15) is 0 Å². The van der Waals surface area contributed by atoms with Gasteiger partial charge in [0.1, 0.15) is 5.75 Å². The zero-order valence-corrected chi connectivity index (χ0v) is 11.1. The molecular formula is C12H20OSi. The highest BCUT2D eigenvalue weighted by molar-refractivity contribution is 6.89. The second kappa shape index (κ2) is 3.77. The van der Waals surface area contributed by atoms with Crippen molar-refractivity contribution in [1.29, 1.82) is 0 Å². The van der Waals surface area contributed by atoms with Gasteiger partial charge in [0.25, 0.3) is 0 Å². The van der Waals surface area contributed by atoms with Crippen LogP contribution < -0.4 is 9.92 Å². The third-order valence-electron chi connectivity index (χ3n) is 2.55. The van der Waals surface area contributed by atoms with Crippen LogP contribution in [0.3, 0.4) is 0 Å². The zero-order chi connectivity index (χ0) is 10.9. The lowest BCUT2D eigenvalue weighted by atomic mass is 10.1. The number of hydrogen-bond acceptors (Lipinski definition) is 1. The fourth-order valence-electron chi connectivity index (χ4n) is 1.82. The van der Waals surface area contributed by atoms with Crippen molar-refractivity contribution in [1.82, 2.24) is 0 Å². The topological polar surface area (TPSA) is 9.23 Å². The summed E-state index contributed by atoms with van der Waals surface area (Å²) < 4.78 is 5.31. The number of ether oxygens (including phenoxy) is 1. The first kappa shape index (κ1) is 11.3. The van der Waals surface area contributed by atoms with Gasteiger partial charge in [0, 0.05) is 0 Å². The van der Waals surface area contributed by atoms with Crippen LogP contribution in [0.25, 0.3) is 0 Å². The Kier molecular flexibility index (Phi) is 3.05. The van der Waals surface area contributed by atoms with E-state index in [1.165, 1.54) is 16.3 Å². The standard InChI is InChI=1S/C12H20OSi/c1-9-8-12(14(4,5)6)10(2)7-11(9)13-3/h7-8H,1-6H3. The number of methoxy groups -OCH3 is 1. The van der Waals surface area contributed by atoms with Crippen LogP contribution in [0.15, 0.2) is 12.1 Å². The molecule has 1 nitrogen and oxygen atoms in total. The quantitative estimate of drug-likeness (QED) is 0.679. The normalized spacial score (nSPS) is 11.6. The monoisotopic (exact) mass is 208 g/mol. The summed E-state index contributed by atoms with van der Waals surface area (Å²) >= 11 is 0. The first-order valence-corrected chi connectivity index (χ1v) is 8.52. The van der Waals surface area contributed by atoms with Gasteiger partial charge >= 0.3 is 0 Å². The first-order valence-electron chi connectivity index (χ1n) is 5.02. The molecule has 1 aromatic carbocycles. The molecule has 0 aliphatic heterocycles. The fraction of sp³-hybridized carbons (Fsp3) is 0.500. The van der Waals surface area contributed by atoms with Crippen LogP contribution in [-0.2, 0) is 0 Å². The van der Waals surface area contributed by atoms with Gasteiger partial charge in [-0.05, 0) is 31.0 Å². The maximum Gasteiger partial charge on any atom is 0.122 e. The van der Waals surface area contributed by atoms with Crippen LogP contribution >= 0.6 is 0 Å². The van der Waals surface area contributed by atoms with E-state index in [1.54, 1.807) is 7.11 Å². The van der Waals surface area contributed by atoms with Gasteiger partial charge in [0.05, 0.1) is 15.2 Å². The minimum Gasteiger partial charge on any atom is -0.496 e. The van der Waals surface area contributed by atoms with E-state index < -0.39 is 8.07 Å². The number of rotatable bonds is 2. The van der Waals surface area contributed by atoms with E-state index in [4.69, 9.17) is 4.74 Å². The van der Waals surface area contributed by atoms with Crippen LogP contribution in [-0.4, -0.2) is 15.2 Å². The smallest absolute Gasteiger partial charge is 0.122 e. The van der Waals surface area contributed by atoms with Gasteiger partial charge in [-0.1, -0.05) is 30.9 Å². The molecule has 1 rings (SSSR count). The molecule has 0 aliphatic carbocycles. The molecule has 0 aliphatic rings. The Labute approximate surface area is 88.1 Å². The molecule has 2 heteroatoms. The summed E-state index contributed by atoms with van der Waals surface area (Å²) in [6.07, 6.45) is 0. The van der Waals surface area contributed by atoms with Gasteiger partial charge in [-0.3, -0.25) is 0 Å². The highest BCUT2D eigenvalue weighted by Gasteiger charge is 2.19. The van der Waals surface area contributed by atoms with Gasteiger partial charge < -0.3 is 4.74 Å². The largest absolute Gasteiger partial charge is 0.496 e. The lowest BCUT2D eigenvalue weighted by Gasteiger charge is -2.21. The van der Waals surface area contributed by atoms with Gasteiger partial charge in [0.15, 0.2) is 0 Å². The molecule has 0 spiro atoms. The average Bonchev–Trinajstić information content (AvgIpc) is 2.06. The molecule has 0 aromatic heterocycles. The minimum absolute atomic E-state index is 1.00. The van der Waals surface area contributed by atoms with Gasteiger partial charge in [-0.15, -0.1) is 0 Å². The van der Waals surface area contributed by atoms with Crippen LogP contribution in [0.5, 0.6) is 5.75 Å². The molecule has 0 fully saturated rings. The third-order valence-corrected chi connectivity index (χ3v) is 4.70. The maximum atomic E-state index is 5.31. The maximum absolute atomic E-state index is 5.31. The van der Waals surface area contributed by atoms with E-state index >= 15 is 0 Å². The van der Waals surface area contributed by atoms with Gasteiger partial charge in [-0.25, -0.2) is 0 Å². The van der Waals surface area contributed by atoms with Crippen LogP contribution in [0, 0.1) is 13.8 Å². The lowest BCUT2D eigenvalue weighted by molar-refractivity contribution is 0.411. The molecule has 1 aromatic rings. The SMILES string of the molecule is COc1cc(C)c([Si](C)(C)C)cc1C. The molecule has 0 saturated heterocycles. The second-order valence-electron chi connectivity index (χ2n) is 4.89. The fourth-order valence-corrected chi connectivity index (χ4v) is 3.72. The molecule has 14 heavy (non-hydrogen) atoms. The summed E-state index contributed by atoms with van der Waals surface area (Å²) in [6, 6.07) is 4.45. The van der Waals surface area contributed by atoms with Crippen LogP contribution in [0.1, 0.15) is 11.1 Å². The van der Waals surface area contributed by atoms with Crippen molar-refractivity contribution in [3.63, 3.8) is 0 Å². The number of aryl methyl sites for hydroxylation is 2. The van der Waals surface area contributed by atoms with Crippen molar-refractivity contribution in [3.05, 3.63) is 23.3 Å². The summed E-state index contributed by atoms with van der Waals surface area (Å²) in [5.74, 6) is 1.00. The molecule has 0 N–H and O–H groups in total. The first-order chi connectivity index (χ1) is 6.36. The molecule has 0 radical (unpaired) electrons. The predicted molar refractivity (Wildman–Crippen MR) is 65.4 cm³/mol. The highest BCUT2D eigenvalue weighted by Crippen LogP contribution is 2.19. The van der Waals surface area contributed by atoms with E-state index in [0.29, 0.717) is 0 Å². The molecule has 0 bridgehead atoms. The van der Waals surface area contributed by atoms with Crippen molar-refractivity contribution in [3.8, 4) is 5.75 Å². The zero-order valence-electron chi connectivity index (χ0n) is 10.1. The van der Waals surface area contributed by atoms with Gasteiger partial charge in [0.2, 0.25) is 0 Å². The molecule has 0 heterocycles. The van der Waals surface area contributed by atoms with Crippen molar-refractivity contribution < 1.29 is 4.74 Å². The Morgan fingerprint density at radius 3 is 2.00 bits per heavy atom. The third kappa shape index (κ3) is 2.18. The number of hydrogen-bond donors (Lipinski definition) is 0. The molecule has 0 saturated carbocycles. The minimum atomic E-state index is -1.20. The van der Waals surface area contributed by atoms with Crippen LogP contribution in [0.2, 0.25) is 19.6 Å². The predicted octanol–water partition coefficient (Wildman–Crippen LogP) is 2.86. The van der Waals surface area contributed by atoms with Crippen molar-refractivity contribution >= 4 is 13.3 Å². The average molecular weight is 208 g/mol. The molecule has 0 unspecified atom stereocenters. The highest BCUT2D eigenvalue weighted by atomic mass is 28.3. The molecule has 0 atom stereocenters. The van der Waals surface area contributed by atoms with Crippen LogP contribution in [0.4, 0.5) is 0 Å². The summed E-state index contributed by atoms with van der Waals surface area (Å²) in [7, 11) is 0.532. The van der Waals surface area contributed by atoms with E-state index in [0.717, 1.165) is 5.75 Å². The van der Waals surface area contributed by atoms with E-state index in [2.05, 4.69) is 45.6 Å². The summed E-state index contributed by atoms with van der Waals surface area (Å²) in [6.45, 7) is 11.4. The molecule has 78 valence electrons. The van der Waals surface area contributed by atoms with Crippen molar-refractivity contribution in [2.75, 3.05) is 7.11 Å². The summed E-state index contributed by atoms with van der Waals surface area (Å²) in [4.78, 5) is 0. The van der Waals surface area contributed by atoms with E-state index in [-0.39, 0.29) is 0 Å². The van der Waals surface area contributed by atoms with E-state index in [1.807, 2.05) is 0 Å². The van der Waals surface area contributed by atoms with Crippen molar-refractivity contribution in [2.45, 2.75) is 33.5 Å². The Hall–Kier alpha value is -0.763. The summed E-state index contributed by atoms with van der Waals surface area (Å²) in [5.41, 5.74) is 2.61. The lowest BCUT2D eigenvalue weighted by Crippen LogP contribution is -2.39. The Bertz CT molecular complexity index is 337. The molecular weight excluding hydrogens is 188 g/mol. The Morgan fingerprint density at radius 2 is 1.57 bits per heavy atom. The Morgan fingerprint density at radius 1 is 1.00 bits per heavy atom. The molecule has 0 amide bonds. The Balaban J connectivity index is 3.29. The van der Waals surface area contributed by atoms with Gasteiger partial charge in [-0.2, -0.15) is 0 Å². The summed E-state index contributed by atoms with van der Waals surface area (Å²) in [5, 5.41) is 1.54. The van der Waals surface area contributed by atoms with Crippen molar-refractivity contribution in [2.24, 2.45) is 0 Å². The second-order valence-corrected chi connectivity index (χ2v) is 9.93. The number of benzene rings is 1.